The number of nitrogens with zero attached hydrogens (tertiary/aromatic N) is 2. The van der Waals surface area contributed by atoms with E-state index in [2.05, 4.69) is 0 Å². The Morgan fingerprint density at radius 3 is 2.31 bits per heavy atom. The summed E-state index contributed by atoms with van der Waals surface area (Å²) in [5.74, 6) is 0.172. The minimum Gasteiger partial charge on any atom is -0.479 e. The van der Waals surface area contributed by atoms with Gasteiger partial charge in [0.15, 0.2) is 5.60 Å². The molecule has 5 rings (SSSR count). The number of carbonyl (C=O) groups excluding carboxylic acids is 1. The van der Waals surface area contributed by atoms with E-state index in [1.54, 1.807) is 53.4 Å². The molecule has 1 spiro atoms. The Labute approximate surface area is 200 Å². The van der Waals surface area contributed by atoms with E-state index in [0.29, 0.717) is 54.2 Å². The lowest BCUT2D eigenvalue weighted by Gasteiger charge is -2.45. The molecule has 1 saturated heterocycles. The fourth-order valence-corrected chi connectivity index (χ4v) is 4.94. The normalized spacial score (nSPS) is 18.4. The number of aliphatic hydroxyl groups excluding tert-OH is 1. The zero-order valence-corrected chi connectivity index (χ0v) is 19.0. The van der Waals surface area contributed by atoms with E-state index in [1.807, 2.05) is 0 Å². The van der Waals surface area contributed by atoms with E-state index in [-0.39, 0.29) is 5.91 Å². The number of ether oxygens (including phenoxy) is 1. The molecule has 2 N–H and O–H groups in total. The number of amides is 1. The number of halogens is 3. The highest BCUT2D eigenvalue weighted by Gasteiger charge is 2.48. The Hall–Kier alpha value is -3.30. The Kier molecular flexibility index (Phi) is 5.45. The van der Waals surface area contributed by atoms with Crippen molar-refractivity contribution in [2.75, 3.05) is 19.7 Å². The average molecular weight is 486 g/mol. The largest absolute Gasteiger partial charge is 0.479 e. The molecule has 1 atom stereocenters. The van der Waals surface area contributed by atoms with E-state index >= 15 is 0 Å². The number of piperidine rings is 1. The predicted octanol–water partition coefficient (Wildman–Crippen LogP) is 4.22. The van der Waals surface area contributed by atoms with Crippen LogP contribution in [0.1, 0.15) is 47.1 Å². The van der Waals surface area contributed by atoms with Crippen molar-refractivity contribution in [2.45, 2.75) is 37.1 Å². The zero-order valence-electron chi connectivity index (χ0n) is 19.0. The number of para-hydroxylation sites is 2. The number of carbonyl (C=O) groups is 1. The molecule has 1 aromatic heterocycles. The molecule has 0 radical (unpaired) electrons. The van der Waals surface area contributed by atoms with Gasteiger partial charge in [0.1, 0.15) is 17.0 Å². The highest BCUT2D eigenvalue weighted by Crippen LogP contribution is 2.48. The van der Waals surface area contributed by atoms with E-state index in [0.717, 1.165) is 6.07 Å². The summed E-state index contributed by atoms with van der Waals surface area (Å²) in [6.07, 6.45) is -3.84. The number of aliphatic hydroxyl groups is 2. The fraction of sp³-hybridized carbons (Fsp3) is 0.346. The van der Waals surface area contributed by atoms with Crippen LogP contribution in [0, 0.1) is 0 Å². The van der Waals surface area contributed by atoms with Crippen molar-refractivity contribution in [3.05, 3.63) is 83.2 Å². The van der Waals surface area contributed by atoms with Crippen LogP contribution in [0.25, 0.3) is 5.69 Å². The van der Waals surface area contributed by atoms with Crippen LogP contribution in [0.4, 0.5) is 13.2 Å². The maximum absolute atomic E-state index is 13.8. The van der Waals surface area contributed by atoms with Gasteiger partial charge >= 0.3 is 6.18 Å². The molecule has 6 nitrogen and oxygen atoms in total. The summed E-state index contributed by atoms with van der Waals surface area (Å²) in [7, 11) is 0. The summed E-state index contributed by atoms with van der Waals surface area (Å²) in [6.45, 7) is 1.65. The van der Waals surface area contributed by atoms with Crippen molar-refractivity contribution in [3.63, 3.8) is 0 Å². The minimum atomic E-state index is -4.52. The third-order valence-corrected chi connectivity index (χ3v) is 6.97. The molecule has 9 heteroatoms. The summed E-state index contributed by atoms with van der Waals surface area (Å²) in [6, 6.07) is 15.6. The quantitative estimate of drug-likeness (QED) is 0.582. The van der Waals surface area contributed by atoms with Crippen LogP contribution in [-0.2, 0) is 17.4 Å². The maximum atomic E-state index is 13.8. The van der Waals surface area contributed by atoms with E-state index in [4.69, 9.17) is 4.74 Å². The molecule has 2 aliphatic rings. The van der Waals surface area contributed by atoms with Crippen molar-refractivity contribution >= 4 is 5.91 Å². The number of hydrogen-bond donors (Lipinski definition) is 2. The molecule has 0 saturated carbocycles. The summed E-state index contributed by atoms with van der Waals surface area (Å²) < 4.78 is 49.0. The van der Waals surface area contributed by atoms with Gasteiger partial charge in [-0.05, 0) is 48.9 Å². The molecule has 0 unspecified atom stereocenters. The van der Waals surface area contributed by atoms with E-state index in [9.17, 15) is 28.2 Å². The minimum absolute atomic E-state index is 0.211. The van der Waals surface area contributed by atoms with Crippen LogP contribution in [0.2, 0.25) is 0 Å². The summed E-state index contributed by atoms with van der Waals surface area (Å²) in [5.41, 5.74) is -1.43. The van der Waals surface area contributed by atoms with E-state index in [1.165, 1.54) is 17.6 Å². The number of fused-ring (bicyclic) bond motifs is 4. The van der Waals surface area contributed by atoms with Crippen LogP contribution >= 0.6 is 0 Å². The molecular formula is C26H25F3N2O4. The first-order chi connectivity index (χ1) is 16.6. The highest BCUT2D eigenvalue weighted by molar-refractivity contribution is 5.94. The Balaban J connectivity index is 1.40. The SMILES string of the molecule is C[C@@](O)(CO)c1ccc(C(=O)N2CCC3(CC2)Oc2ccccc2-n2c(C(F)(F)F)ccc23)cc1. The van der Waals surface area contributed by atoms with E-state index < -0.39 is 29.7 Å². The molecule has 2 aromatic carbocycles. The lowest BCUT2D eigenvalue weighted by molar-refractivity contribution is -0.143. The molecule has 35 heavy (non-hydrogen) atoms. The van der Waals surface area contributed by atoms with Crippen molar-refractivity contribution in [1.29, 1.82) is 0 Å². The molecule has 3 aromatic rings. The number of rotatable bonds is 3. The first-order valence-corrected chi connectivity index (χ1v) is 11.4. The Bertz CT molecular complexity index is 1260. The lowest BCUT2D eigenvalue weighted by Crippen LogP contribution is -2.50. The van der Waals surface area contributed by atoms with Crippen molar-refractivity contribution in [2.24, 2.45) is 0 Å². The number of likely N-dealkylation sites (tertiary alicyclic amines) is 1. The van der Waals surface area contributed by atoms with Crippen LogP contribution in [-0.4, -0.2) is 45.3 Å². The average Bonchev–Trinajstić information content (AvgIpc) is 3.32. The number of aromatic nitrogens is 1. The molecule has 1 fully saturated rings. The molecular weight excluding hydrogens is 461 g/mol. The fourth-order valence-electron chi connectivity index (χ4n) is 4.94. The molecule has 0 bridgehead atoms. The van der Waals surface area contributed by atoms with Crippen LogP contribution in [0.5, 0.6) is 5.75 Å². The van der Waals surface area contributed by atoms with Crippen LogP contribution in [0.3, 0.4) is 0 Å². The molecule has 3 heterocycles. The highest BCUT2D eigenvalue weighted by atomic mass is 19.4. The second kappa shape index (κ2) is 8.13. The number of alkyl halides is 3. The van der Waals surface area contributed by atoms with Gasteiger partial charge in [-0.25, -0.2) is 0 Å². The lowest BCUT2D eigenvalue weighted by atomic mass is 9.86. The van der Waals surface area contributed by atoms with Crippen molar-refractivity contribution in [3.8, 4) is 11.4 Å². The van der Waals surface area contributed by atoms with Crippen molar-refractivity contribution in [1.82, 2.24) is 9.47 Å². The smallest absolute Gasteiger partial charge is 0.431 e. The maximum Gasteiger partial charge on any atom is 0.431 e. The van der Waals surface area contributed by atoms with Gasteiger partial charge in [-0.1, -0.05) is 24.3 Å². The van der Waals surface area contributed by atoms with Gasteiger partial charge in [0.05, 0.1) is 18.0 Å². The summed E-state index contributed by atoms with van der Waals surface area (Å²) in [5, 5.41) is 19.5. The molecule has 184 valence electrons. The van der Waals surface area contributed by atoms with Gasteiger partial charge in [0, 0.05) is 31.5 Å². The standard InChI is InChI=1S/C26H25F3N2O4/c1-24(34,16-32)18-8-6-17(7-9-18)23(33)30-14-12-25(13-15-30)21-10-11-22(26(27,28)29)31(21)19-4-2-3-5-20(19)35-25/h2-11,32,34H,12-16H2,1H3/t24-/m1/s1. The number of hydrogen-bond acceptors (Lipinski definition) is 4. The van der Waals surface area contributed by atoms with Crippen LogP contribution in [0.15, 0.2) is 60.7 Å². The Morgan fingerprint density at radius 2 is 1.69 bits per heavy atom. The first-order valence-electron chi connectivity index (χ1n) is 11.4. The first kappa shape index (κ1) is 23.4. The van der Waals surface area contributed by atoms with Gasteiger partial charge in [-0.15, -0.1) is 0 Å². The number of benzene rings is 2. The molecule has 2 aliphatic heterocycles. The van der Waals surface area contributed by atoms with Crippen molar-refractivity contribution < 1.29 is 32.9 Å². The van der Waals surface area contributed by atoms with Crippen LogP contribution < -0.4 is 4.74 Å². The third kappa shape index (κ3) is 3.88. The zero-order chi connectivity index (χ0) is 25.0. The van der Waals surface area contributed by atoms with Gasteiger partial charge in [-0.3, -0.25) is 4.79 Å². The third-order valence-electron chi connectivity index (χ3n) is 6.97. The predicted molar refractivity (Wildman–Crippen MR) is 121 cm³/mol. The Morgan fingerprint density at radius 1 is 1.03 bits per heavy atom. The summed E-state index contributed by atoms with van der Waals surface area (Å²) >= 11 is 0. The molecule has 0 aliphatic carbocycles. The monoisotopic (exact) mass is 486 g/mol. The second-order valence-electron chi connectivity index (χ2n) is 9.30. The molecule has 1 amide bonds. The summed E-state index contributed by atoms with van der Waals surface area (Å²) in [4.78, 5) is 14.8. The van der Waals surface area contributed by atoms with Gasteiger partial charge in [0.2, 0.25) is 0 Å². The van der Waals surface area contributed by atoms with Gasteiger partial charge < -0.3 is 24.4 Å². The second-order valence-corrected chi connectivity index (χ2v) is 9.30. The van der Waals surface area contributed by atoms with Gasteiger partial charge in [-0.2, -0.15) is 13.2 Å². The van der Waals surface area contributed by atoms with Gasteiger partial charge in [0.25, 0.3) is 5.91 Å². The topological polar surface area (TPSA) is 74.9 Å².